The van der Waals surface area contributed by atoms with Crippen LogP contribution in [-0.2, 0) is 4.74 Å². The first-order valence-corrected chi connectivity index (χ1v) is 6.60. The van der Waals surface area contributed by atoms with Crippen molar-refractivity contribution in [3.8, 4) is 0 Å². The number of fused-ring (bicyclic) bond motifs is 2. The van der Waals surface area contributed by atoms with E-state index < -0.39 is 5.97 Å². The predicted octanol–water partition coefficient (Wildman–Crippen LogP) is 2.01. The number of benzene rings is 1. The molecule has 3 rings (SSSR count). The molecule has 0 radical (unpaired) electrons. The highest BCUT2D eigenvalue weighted by atomic mass is 16.5. The second kappa shape index (κ2) is 4.42. The molecule has 0 amide bonds. The Morgan fingerprint density at radius 1 is 1.47 bits per heavy atom. The van der Waals surface area contributed by atoms with Gasteiger partial charge in [0.1, 0.15) is 0 Å². The normalized spacial score (nSPS) is 28.6. The lowest BCUT2D eigenvalue weighted by Crippen LogP contribution is -2.30. The average molecular weight is 262 g/mol. The monoisotopic (exact) mass is 262 g/mol. The van der Waals surface area contributed by atoms with Crippen LogP contribution in [0.5, 0.6) is 0 Å². The van der Waals surface area contributed by atoms with Gasteiger partial charge in [0.25, 0.3) is 0 Å². The summed E-state index contributed by atoms with van der Waals surface area (Å²) in [5, 5.41) is 12.5. The van der Waals surface area contributed by atoms with Gasteiger partial charge in [-0.2, -0.15) is 0 Å². The van der Waals surface area contributed by atoms with Crippen molar-refractivity contribution in [1.82, 2.24) is 0 Å². The number of aryl methyl sites for hydroxylation is 1. The van der Waals surface area contributed by atoms with E-state index >= 15 is 0 Å². The quantitative estimate of drug-likeness (QED) is 0.726. The zero-order chi connectivity index (χ0) is 13.6. The fraction of sp³-hybridized carbons (Fsp3) is 0.500. The number of nitrogens with one attached hydrogen (secondary N) is 1. The molecule has 0 saturated carbocycles. The molecule has 1 aromatic carbocycles. The summed E-state index contributed by atoms with van der Waals surface area (Å²) in [6.45, 7) is 1.82. The molecule has 2 saturated heterocycles. The van der Waals surface area contributed by atoms with Crippen LogP contribution >= 0.6 is 0 Å². The Morgan fingerprint density at radius 3 is 2.84 bits per heavy atom. The number of nitrogens with two attached hydrogens (primary N) is 1. The number of rotatable bonds is 3. The molecular weight excluding hydrogens is 244 g/mol. The largest absolute Gasteiger partial charge is 0.478 e. The molecule has 2 fully saturated rings. The van der Waals surface area contributed by atoms with Gasteiger partial charge in [0.2, 0.25) is 0 Å². The van der Waals surface area contributed by atoms with Crippen LogP contribution in [0.4, 0.5) is 11.4 Å². The highest BCUT2D eigenvalue weighted by Crippen LogP contribution is 2.36. The van der Waals surface area contributed by atoms with Gasteiger partial charge in [-0.05, 0) is 43.9 Å². The SMILES string of the molecule is Cc1cc(NC2CC3CCC2O3)cc(C(=O)O)c1N. The minimum Gasteiger partial charge on any atom is -0.478 e. The molecule has 4 N–H and O–H groups in total. The van der Waals surface area contributed by atoms with Crippen LogP contribution in [0, 0.1) is 6.92 Å². The summed E-state index contributed by atoms with van der Waals surface area (Å²) >= 11 is 0. The number of hydrogen-bond donors (Lipinski definition) is 3. The van der Waals surface area contributed by atoms with E-state index in [9.17, 15) is 4.79 Å². The average Bonchev–Trinajstić information content (AvgIpc) is 2.95. The highest BCUT2D eigenvalue weighted by Gasteiger charge is 2.40. The molecule has 2 bridgehead atoms. The Morgan fingerprint density at radius 2 is 2.26 bits per heavy atom. The summed E-state index contributed by atoms with van der Waals surface area (Å²) in [6, 6.07) is 3.79. The summed E-state index contributed by atoms with van der Waals surface area (Å²) < 4.78 is 5.79. The fourth-order valence-electron chi connectivity index (χ4n) is 3.06. The molecular formula is C14H18N2O3. The fourth-order valence-corrected chi connectivity index (χ4v) is 3.06. The van der Waals surface area contributed by atoms with Crippen molar-refractivity contribution in [3.63, 3.8) is 0 Å². The van der Waals surface area contributed by atoms with Crippen LogP contribution in [0.2, 0.25) is 0 Å². The predicted molar refractivity (Wildman–Crippen MR) is 72.5 cm³/mol. The molecule has 102 valence electrons. The first kappa shape index (κ1) is 12.3. The standard InChI is InChI=1S/C14H18N2O3/c1-7-4-8(5-10(13(7)15)14(17)18)16-11-6-9-2-3-12(11)19-9/h4-5,9,11-12,16H,2-3,6,15H2,1H3,(H,17,18). The topological polar surface area (TPSA) is 84.6 Å². The van der Waals surface area contributed by atoms with Crippen LogP contribution in [0.1, 0.15) is 35.2 Å². The summed E-state index contributed by atoms with van der Waals surface area (Å²) in [5.41, 5.74) is 7.88. The molecule has 0 aromatic heterocycles. The van der Waals surface area contributed by atoms with Gasteiger partial charge in [-0.15, -0.1) is 0 Å². The lowest BCUT2D eigenvalue weighted by atomic mass is 9.95. The maximum Gasteiger partial charge on any atom is 0.337 e. The van der Waals surface area contributed by atoms with Crippen molar-refractivity contribution in [1.29, 1.82) is 0 Å². The summed E-state index contributed by atoms with van der Waals surface area (Å²) in [5.74, 6) is -0.992. The lowest BCUT2D eigenvalue weighted by molar-refractivity contribution is 0.0698. The number of hydrogen-bond acceptors (Lipinski definition) is 4. The van der Waals surface area contributed by atoms with E-state index in [2.05, 4.69) is 5.32 Å². The second-order valence-corrected chi connectivity index (χ2v) is 5.42. The number of anilines is 2. The molecule has 3 atom stereocenters. The number of carboxylic acids is 1. The third-order valence-corrected chi connectivity index (χ3v) is 4.08. The number of ether oxygens (including phenoxy) is 1. The van der Waals surface area contributed by atoms with Gasteiger partial charge >= 0.3 is 5.97 Å². The van der Waals surface area contributed by atoms with E-state index in [0.29, 0.717) is 11.8 Å². The number of nitrogen functional groups attached to an aromatic ring is 1. The molecule has 2 aliphatic heterocycles. The number of carbonyl (C=O) groups is 1. The summed E-state index contributed by atoms with van der Waals surface area (Å²) in [6.07, 6.45) is 3.86. The molecule has 0 aliphatic carbocycles. The molecule has 2 aliphatic rings. The van der Waals surface area contributed by atoms with Gasteiger partial charge in [-0.3, -0.25) is 0 Å². The third-order valence-electron chi connectivity index (χ3n) is 4.08. The minimum atomic E-state index is -0.992. The van der Waals surface area contributed by atoms with Gasteiger partial charge in [0, 0.05) is 11.4 Å². The molecule has 5 nitrogen and oxygen atoms in total. The molecule has 1 aromatic rings. The van der Waals surface area contributed by atoms with Crippen LogP contribution in [0.25, 0.3) is 0 Å². The van der Waals surface area contributed by atoms with E-state index in [-0.39, 0.29) is 17.7 Å². The van der Waals surface area contributed by atoms with E-state index in [1.54, 1.807) is 6.07 Å². The molecule has 19 heavy (non-hydrogen) atoms. The Bertz CT molecular complexity index is 530. The van der Waals surface area contributed by atoms with Crippen molar-refractivity contribution >= 4 is 17.3 Å². The van der Waals surface area contributed by atoms with E-state index in [0.717, 1.165) is 30.5 Å². The van der Waals surface area contributed by atoms with E-state index in [1.165, 1.54) is 0 Å². The Hall–Kier alpha value is -1.75. The smallest absolute Gasteiger partial charge is 0.337 e. The van der Waals surface area contributed by atoms with Gasteiger partial charge in [0.15, 0.2) is 0 Å². The van der Waals surface area contributed by atoms with Crippen molar-refractivity contribution in [3.05, 3.63) is 23.3 Å². The number of aromatic carboxylic acids is 1. The molecule has 3 unspecified atom stereocenters. The van der Waals surface area contributed by atoms with Crippen molar-refractivity contribution in [2.45, 2.75) is 44.4 Å². The van der Waals surface area contributed by atoms with Gasteiger partial charge in [-0.1, -0.05) is 0 Å². The zero-order valence-electron chi connectivity index (χ0n) is 10.8. The molecule has 2 heterocycles. The molecule has 5 heteroatoms. The molecule has 0 spiro atoms. The third kappa shape index (κ3) is 2.14. The Labute approximate surface area is 111 Å². The minimum absolute atomic E-state index is 0.159. The van der Waals surface area contributed by atoms with Crippen LogP contribution in [0.15, 0.2) is 12.1 Å². The first-order chi connectivity index (χ1) is 9.04. The second-order valence-electron chi connectivity index (χ2n) is 5.42. The Kier molecular flexibility index (Phi) is 2.86. The van der Waals surface area contributed by atoms with Gasteiger partial charge in [-0.25, -0.2) is 4.79 Å². The van der Waals surface area contributed by atoms with E-state index in [1.807, 2.05) is 13.0 Å². The maximum absolute atomic E-state index is 11.2. The highest BCUT2D eigenvalue weighted by molar-refractivity contribution is 5.95. The number of carboxylic acid groups (broad SMARTS) is 1. The summed E-state index contributed by atoms with van der Waals surface area (Å²) in [4.78, 5) is 11.2. The lowest BCUT2D eigenvalue weighted by Gasteiger charge is -2.22. The van der Waals surface area contributed by atoms with Crippen molar-refractivity contribution < 1.29 is 14.6 Å². The Balaban J connectivity index is 1.83. The van der Waals surface area contributed by atoms with Crippen LogP contribution in [-0.4, -0.2) is 29.3 Å². The zero-order valence-corrected chi connectivity index (χ0v) is 10.8. The van der Waals surface area contributed by atoms with Crippen molar-refractivity contribution in [2.75, 3.05) is 11.1 Å². The van der Waals surface area contributed by atoms with E-state index in [4.69, 9.17) is 15.6 Å². The van der Waals surface area contributed by atoms with Crippen LogP contribution < -0.4 is 11.1 Å². The summed E-state index contributed by atoms with van der Waals surface area (Å²) in [7, 11) is 0. The first-order valence-electron chi connectivity index (χ1n) is 6.60. The van der Waals surface area contributed by atoms with Crippen molar-refractivity contribution in [2.24, 2.45) is 0 Å². The van der Waals surface area contributed by atoms with Crippen LogP contribution in [0.3, 0.4) is 0 Å². The maximum atomic E-state index is 11.2. The van der Waals surface area contributed by atoms with Gasteiger partial charge in [0.05, 0.1) is 23.8 Å². The van der Waals surface area contributed by atoms with Gasteiger partial charge < -0.3 is 20.9 Å².